The predicted molar refractivity (Wildman–Crippen MR) is 116 cm³/mol. The van der Waals surface area contributed by atoms with E-state index in [9.17, 15) is 0 Å². The quantitative estimate of drug-likeness (QED) is 0.390. The summed E-state index contributed by atoms with van der Waals surface area (Å²) in [4.78, 5) is 7.33. The first kappa shape index (κ1) is 21.8. The van der Waals surface area contributed by atoms with Crippen LogP contribution in [0, 0.1) is 12.3 Å². The Hall–Kier alpha value is -1.93. The number of aromatic nitrogens is 3. The number of rotatable bonds is 8. The highest BCUT2D eigenvalue weighted by molar-refractivity contribution is 5.79. The van der Waals surface area contributed by atoms with E-state index in [4.69, 9.17) is 9.73 Å². The molecule has 0 bridgehead atoms. The van der Waals surface area contributed by atoms with Crippen LogP contribution in [0.15, 0.2) is 17.6 Å². The molecule has 2 N–H and O–H groups in total. The van der Waals surface area contributed by atoms with E-state index in [0.717, 1.165) is 57.0 Å². The first-order chi connectivity index (χ1) is 14.1. The summed E-state index contributed by atoms with van der Waals surface area (Å²) >= 11 is 0. The standard InChI is InChI=1S/C21H37N7O/c1-4-10-22-20(23-15-19-26-25-18(2)27(19)3)24-16-21(8-6-5-7-9-21)17-28-11-13-29-14-12-28/h4H,1,5-17H2,2-3H3,(H2,22,23,24). The second-order valence-electron chi connectivity index (χ2n) is 8.36. The fourth-order valence-corrected chi connectivity index (χ4v) is 4.28. The van der Waals surface area contributed by atoms with E-state index in [-0.39, 0.29) is 0 Å². The van der Waals surface area contributed by atoms with Crippen molar-refractivity contribution in [2.45, 2.75) is 45.6 Å². The third-order valence-electron chi connectivity index (χ3n) is 6.18. The number of hydrogen-bond acceptors (Lipinski definition) is 5. The molecule has 1 aromatic heterocycles. The van der Waals surface area contributed by atoms with E-state index in [2.05, 4.69) is 32.3 Å². The van der Waals surface area contributed by atoms with Crippen molar-refractivity contribution >= 4 is 5.96 Å². The monoisotopic (exact) mass is 403 g/mol. The molecular weight excluding hydrogens is 366 g/mol. The van der Waals surface area contributed by atoms with Gasteiger partial charge in [-0.3, -0.25) is 4.90 Å². The summed E-state index contributed by atoms with van der Waals surface area (Å²) in [5.41, 5.74) is 0.299. The normalized spacial score (nSPS) is 20.4. The van der Waals surface area contributed by atoms with Crippen LogP contribution in [0.3, 0.4) is 0 Å². The van der Waals surface area contributed by atoms with Crippen molar-refractivity contribution in [1.29, 1.82) is 0 Å². The molecule has 2 heterocycles. The van der Waals surface area contributed by atoms with Gasteiger partial charge in [0.15, 0.2) is 11.8 Å². The first-order valence-corrected chi connectivity index (χ1v) is 10.9. The predicted octanol–water partition coefficient (Wildman–Crippen LogP) is 1.63. The van der Waals surface area contributed by atoms with Crippen LogP contribution in [0.25, 0.3) is 0 Å². The molecule has 8 heteroatoms. The highest BCUT2D eigenvalue weighted by Gasteiger charge is 2.34. The summed E-state index contributed by atoms with van der Waals surface area (Å²) in [6.45, 7) is 12.8. The van der Waals surface area contributed by atoms with Crippen molar-refractivity contribution in [3.05, 3.63) is 24.3 Å². The summed E-state index contributed by atoms with van der Waals surface area (Å²) in [6.07, 6.45) is 8.39. The highest BCUT2D eigenvalue weighted by Crippen LogP contribution is 2.36. The third-order valence-corrected chi connectivity index (χ3v) is 6.18. The highest BCUT2D eigenvalue weighted by atomic mass is 16.5. The molecule has 1 aliphatic carbocycles. The largest absolute Gasteiger partial charge is 0.379 e. The lowest BCUT2D eigenvalue weighted by Crippen LogP contribution is -2.51. The Balaban J connectivity index is 1.64. The molecule has 1 saturated heterocycles. The van der Waals surface area contributed by atoms with Crippen LogP contribution in [0.2, 0.25) is 0 Å². The second-order valence-corrected chi connectivity index (χ2v) is 8.36. The summed E-state index contributed by atoms with van der Waals surface area (Å²) in [5.74, 6) is 2.58. The molecular formula is C21H37N7O. The lowest BCUT2D eigenvalue weighted by atomic mass is 9.73. The van der Waals surface area contributed by atoms with Crippen LogP contribution >= 0.6 is 0 Å². The van der Waals surface area contributed by atoms with Crippen LogP contribution in [0.1, 0.15) is 43.8 Å². The zero-order valence-electron chi connectivity index (χ0n) is 18.1. The summed E-state index contributed by atoms with van der Waals surface area (Å²) in [7, 11) is 1.98. The van der Waals surface area contributed by atoms with E-state index >= 15 is 0 Å². The van der Waals surface area contributed by atoms with Gasteiger partial charge in [0.05, 0.1) is 13.2 Å². The van der Waals surface area contributed by atoms with Gasteiger partial charge >= 0.3 is 0 Å². The summed E-state index contributed by atoms with van der Waals surface area (Å²) < 4.78 is 7.52. The molecule has 0 spiro atoms. The molecule has 1 aliphatic heterocycles. The van der Waals surface area contributed by atoms with Gasteiger partial charge in [0.2, 0.25) is 0 Å². The first-order valence-electron chi connectivity index (χ1n) is 10.9. The van der Waals surface area contributed by atoms with E-state index in [0.29, 0.717) is 18.5 Å². The Morgan fingerprint density at radius 2 is 1.97 bits per heavy atom. The van der Waals surface area contributed by atoms with Crippen LogP contribution in [-0.4, -0.2) is 71.6 Å². The third kappa shape index (κ3) is 6.27. The van der Waals surface area contributed by atoms with Crippen molar-refractivity contribution in [3.8, 4) is 0 Å². The Kier molecular flexibility index (Phi) is 8.06. The minimum absolute atomic E-state index is 0.299. The summed E-state index contributed by atoms with van der Waals surface area (Å²) in [5, 5.41) is 15.3. The van der Waals surface area contributed by atoms with Gasteiger partial charge in [-0.15, -0.1) is 16.8 Å². The van der Waals surface area contributed by atoms with Gasteiger partial charge in [0.25, 0.3) is 0 Å². The van der Waals surface area contributed by atoms with Crippen molar-refractivity contribution in [2.24, 2.45) is 17.5 Å². The zero-order valence-corrected chi connectivity index (χ0v) is 18.1. The molecule has 0 unspecified atom stereocenters. The van der Waals surface area contributed by atoms with Crippen LogP contribution in [0.4, 0.5) is 0 Å². The maximum Gasteiger partial charge on any atom is 0.191 e. The summed E-state index contributed by atoms with van der Waals surface area (Å²) in [6, 6.07) is 0. The number of aryl methyl sites for hydroxylation is 1. The number of nitrogens with zero attached hydrogens (tertiary/aromatic N) is 5. The minimum Gasteiger partial charge on any atom is -0.379 e. The van der Waals surface area contributed by atoms with Gasteiger partial charge < -0.3 is 19.9 Å². The van der Waals surface area contributed by atoms with E-state index < -0.39 is 0 Å². The van der Waals surface area contributed by atoms with E-state index in [1.165, 1.54) is 32.1 Å². The fraction of sp³-hybridized carbons (Fsp3) is 0.762. The van der Waals surface area contributed by atoms with E-state index in [1.807, 2.05) is 24.6 Å². The molecule has 0 amide bonds. The topological polar surface area (TPSA) is 79.6 Å². The van der Waals surface area contributed by atoms with Crippen molar-refractivity contribution in [2.75, 3.05) is 45.9 Å². The van der Waals surface area contributed by atoms with Crippen LogP contribution in [0.5, 0.6) is 0 Å². The number of guanidine groups is 1. The second kappa shape index (κ2) is 10.7. The minimum atomic E-state index is 0.299. The molecule has 29 heavy (non-hydrogen) atoms. The fourth-order valence-electron chi connectivity index (χ4n) is 4.28. The van der Waals surface area contributed by atoms with Gasteiger partial charge in [0.1, 0.15) is 12.4 Å². The van der Waals surface area contributed by atoms with Gasteiger partial charge in [-0.2, -0.15) is 0 Å². The molecule has 0 atom stereocenters. The number of hydrogen-bond donors (Lipinski definition) is 2. The Morgan fingerprint density at radius 1 is 1.21 bits per heavy atom. The maximum atomic E-state index is 5.54. The Morgan fingerprint density at radius 3 is 2.62 bits per heavy atom. The number of nitrogens with one attached hydrogen (secondary N) is 2. The molecule has 8 nitrogen and oxygen atoms in total. The zero-order chi connectivity index (χ0) is 20.5. The van der Waals surface area contributed by atoms with Crippen molar-refractivity contribution in [3.63, 3.8) is 0 Å². The average Bonchev–Trinajstić information content (AvgIpc) is 3.07. The lowest BCUT2D eigenvalue weighted by Gasteiger charge is -2.42. The van der Waals surface area contributed by atoms with Crippen LogP contribution < -0.4 is 10.6 Å². The van der Waals surface area contributed by atoms with Gasteiger partial charge in [-0.25, -0.2) is 4.99 Å². The molecule has 0 radical (unpaired) electrons. The molecule has 0 aromatic carbocycles. The van der Waals surface area contributed by atoms with Crippen molar-refractivity contribution < 1.29 is 4.74 Å². The smallest absolute Gasteiger partial charge is 0.191 e. The molecule has 1 saturated carbocycles. The number of morpholine rings is 1. The maximum absolute atomic E-state index is 5.54. The van der Waals surface area contributed by atoms with Gasteiger partial charge in [-0.05, 0) is 19.8 Å². The Bertz CT molecular complexity index is 673. The molecule has 1 aromatic rings. The molecule has 3 rings (SSSR count). The molecule has 2 fully saturated rings. The number of aliphatic imine (C=N–C) groups is 1. The number of ether oxygens (including phenoxy) is 1. The lowest BCUT2D eigenvalue weighted by molar-refractivity contribution is 0.00820. The van der Waals surface area contributed by atoms with Crippen LogP contribution in [-0.2, 0) is 18.3 Å². The van der Waals surface area contributed by atoms with Gasteiger partial charge in [-0.1, -0.05) is 25.3 Å². The van der Waals surface area contributed by atoms with E-state index in [1.54, 1.807) is 0 Å². The molecule has 2 aliphatic rings. The SMILES string of the molecule is C=CCNC(=NCc1nnc(C)n1C)NCC1(CN2CCOCC2)CCCCC1. The Labute approximate surface area is 174 Å². The van der Waals surface area contributed by atoms with Crippen molar-refractivity contribution in [1.82, 2.24) is 30.3 Å². The average molecular weight is 404 g/mol. The van der Waals surface area contributed by atoms with Gasteiger partial charge in [0, 0.05) is 45.2 Å². The molecule has 162 valence electrons.